The highest BCUT2D eigenvalue weighted by Gasteiger charge is 2.03. The highest BCUT2D eigenvalue weighted by Crippen LogP contribution is 2.18. The van der Waals surface area contributed by atoms with Gasteiger partial charge in [-0.05, 0) is 20.2 Å². The van der Waals surface area contributed by atoms with E-state index in [-0.39, 0.29) is 0 Å². The van der Waals surface area contributed by atoms with Crippen molar-refractivity contribution in [3.05, 3.63) is 24.0 Å². The van der Waals surface area contributed by atoms with Crippen LogP contribution in [0.1, 0.15) is 38.2 Å². The molecule has 5 heteroatoms. The van der Waals surface area contributed by atoms with Crippen LogP contribution in [0.4, 0.5) is 0 Å². The van der Waals surface area contributed by atoms with E-state index in [0.29, 0.717) is 18.2 Å². The Hall–Kier alpha value is -1.88. The number of nitrogens with one attached hydrogen (secondary N) is 1. The normalized spacial score (nSPS) is 9.48. The summed E-state index contributed by atoms with van der Waals surface area (Å²) in [6.07, 6.45) is 2.46. The Bertz CT molecular complexity index is 521. The molecular formula is C16H27N3O2. The highest BCUT2D eigenvalue weighted by molar-refractivity contribution is 5.87. The van der Waals surface area contributed by atoms with Gasteiger partial charge in [0.05, 0.1) is 17.4 Å². The van der Waals surface area contributed by atoms with Gasteiger partial charge in [0.25, 0.3) is 0 Å². The zero-order valence-electron chi connectivity index (χ0n) is 13.9. The lowest BCUT2D eigenvalue weighted by Crippen LogP contribution is -2.19. The predicted molar refractivity (Wildman–Crippen MR) is 88.2 cm³/mol. The molecule has 21 heavy (non-hydrogen) atoms. The number of hydrogen-bond donors (Lipinski definition) is 1. The number of H-pyrrole nitrogens is 1. The summed E-state index contributed by atoms with van der Waals surface area (Å²) in [6, 6.07) is 3.61. The van der Waals surface area contributed by atoms with Crippen molar-refractivity contribution in [1.82, 2.24) is 14.9 Å². The van der Waals surface area contributed by atoms with E-state index >= 15 is 0 Å². The minimum atomic E-state index is 0.548. The van der Waals surface area contributed by atoms with Crippen LogP contribution < -0.4 is 4.74 Å². The SMILES string of the molecule is CC.CC.CN(C)CCOc1cc2cc(C=O)[nH]c2cn1. The highest BCUT2D eigenvalue weighted by atomic mass is 16.5. The average Bonchev–Trinajstić information content (AvgIpc) is 2.93. The number of aromatic nitrogens is 2. The minimum absolute atomic E-state index is 0.548. The summed E-state index contributed by atoms with van der Waals surface area (Å²) in [5, 5.41) is 0.932. The van der Waals surface area contributed by atoms with Gasteiger partial charge in [0.2, 0.25) is 5.88 Å². The molecule has 0 radical (unpaired) electrons. The van der Waals surface area contributed by atoms with Gasteiger partial charge in [0.1, 0.15) is 6.61 Å². The van der Waals surface area contributed by atoms with Crippen LogP contribution in [-0.2, 0) is 0 Å². The molecule has 0 aromatic carbocycles. The van der Waals surface area contributed by atoms with Crippen molar-refractivity contribution in [3.63, 3.8) is 0 Å². The first-order valence-electron chi connectivity index (χ1n) is 7.40. The molecule has 2 aromatic heterocycles. The molecule has 0 aliphatic carbocycles. The molecule has 0 aliphatic heterocycles. The second-order valence-electron chi connectivity index (χ2n) is 4.10. The average molecular weight is 293 g/mol. The van der Waals surface area contributed by atoms with Crippen molar-refractivity contribution in [3.8, 4) is 5.88 Å². The van der Waals surface area contributed by atoms with Crippen molar-refractivity contribution < 1.29 is 9.53 Å². The lowest BCUT2D eigenvalue weighted by atomic mass is 10.3. The number of fused-ring (bicyclic) bond motifs is 1. The third-order valence-corrected chi connectivity index (χ3v) is 2.42. The van der Waals surface area contributed by atoms with Crippen LogP contribution in [0.15, 0.2) is 18.3 Å². The van der Waals surface area contributed by atoms with Gasteiger partial charge < -0.3 is 14.6 Å². The second kappa shape index (κ2) is 10.9. The number of carbonyl (C=O) groups excluding carboxylic acids is 1. The molecule has 2 heterocycles. The number of aldehydes is 1. The zero-order chi connectivity index (χ0) is 16.3. The molecule has 0 unspecified atom stereocenters. The van der Waals surface area contributed by atoms with Gasteiger partial charge in [0, 0.05) is 18.0 Å². The van der Waals surface area contributed by atoms with Crippen LogP contribution >= 0.6 is 0 Å². The smallest absolute Gasteiger partial charge is 0.213 e. The summed E-state index contributed by atoms with van der Waals surface area (Å²) >= 11 is 0. The maximum absolute atomic E-state index is 10.6. The summed E-state index contributed by atoms with van der Waals surface area (Å²) in [6.45, 7) is 9.43. The number of ether oxygens (including phenoxy) is 1. The molecule has 0 aliphatic rings. The van der Waals surface area contributed by atoms with Gasteiger partial charge in [0.15, 0.2) is 6.29 Å². The van der Waals surface area contributed by atoms with Gasteiger partial charge in [-0.15, -0.1) is 0 Å². The van der Waals surface area contributed by atoms with E-state index in [2.05, 4.69) is 9.97 Å². The van der Waals surface area contributed by atoms with Crippen molar-refractivity contribution in [1.29, 1.82) is 0 Å². The van der Waals surface area contributed by atoms with Crippen LogP contribution in [0.5, 0.6) is 5.88 Å². The predicted octanol–water partition coefficient (Wildman–Crippen LogP) is 3.37. The Morgan fingerprint density at radius 1 is 1.24 bits per heavy atom. The van der Waals surface area contributed by atoms with Crippen LogP contribution in [0.2, 0.25) is 0 Å². The minimum Gasteiger partial charge on any atom is -0.476 e. The van der Waals surface area contributed by atoms with E-state index in [9.17, 15) is 4.79 Å². The Balaban J connectivity index is 0.000000921. The van der Waals surface area contributed by atoms with Crippen LogP contribution in [0.3, 0.4) is 0 Å². The van der Waals surface area contributed by atoms with Gasteiger partial charge in [-0.1, -0.05) is 27.7 Å². The van der Waals surface area contributed by atoms with E-state index < -0.39 is 0 Å². The first-order chi connectivity index (χ1) is 10.2. The summed E-state index contributed by atoms with van der Waals surface area (Å²) in [5.41, 5.74) is 1.39. The molecule has 0 bridgehead atoms. The van der Waals surface area contributed by atoms with E-state index in [1.54, 1.807) is 12.3 Å². The lowest BCUT2D eigenvalue weighted by Gasteiger charge is -2.10. The molecule has 2 aromatic rings. The standard InChI is InChI=1S/C12H15N3O2.2C2H6/c1-15(2)3-4-17-12-6-9-5-10(8-16)14-11(9)7-13-12;2*1-2/h5-8,14H,3-4H2,1-2H3;2*1-2H3. The number of likely N-dealkylation sites (N-methyl/N-ethyl adjacent to an activating group) is 1. The first-order valence-corrected chi connectivity index (χ1v) is 7.40. The van der Waals surface area contributed by atoms with Gasteiger partial charge in [-0.3, -0.25) is 4.79 Å². The van der Waals surface area contributed by atoms with Gasteiger partial charge in [-0.2, -0.15) is 0 Å². The third kappa shape index (κ3) is 6.40. The van der Waals surface area contributed by atoms with Crippen molar-refractivity contribution in [2.75, 3.05) is 27.2 Å². The fourth-order valence-electron chi connectivity index (χ4n) is 1.51. The van der Waals surface area contributed by atoms with Crippen LogP contribution in [0, 0.1) is 0 Å². The van der Waals surface area contributed by atoms with Gasteiger partial charge in [-0.25, -0.2) is 4.98 Å². The molecule has 2 rings (SSSR count). The van der Waals surface area contributed by atoms with Gasteiger partial charge >= 0.3 is 0 Å². The van der Waals surface area contributed by atoms with E-state index in [4.69, 9.17) is 4.74 Å². The molecule has 118 valence electrons. The maximum atomic E-state index is 10.6. The maximum Gasteiger partial charge on any atom is 0.213 e. The number of rotatable bonds is 5. The molecule has 0 spiro atoms. The lowest BCUT2D eigenvalue weighted by molar-refractivity contribution is 0.112. The quantitative estimate of drug-likeness (QED) is 0.859. The monoisotopic (exact) mass is 293 g/mol. The largest absolute Gasteiger partial charge is 0.476 e. The summed E-state index contributed by atoms with van der Waals surface area (Å²) in [7, 11) is 3.98. The molecular weight excluding hydrogens is 266 g/mol. The molecule has 0 fully saturated rings. The van der Waals surface area contributed by atoms with E-state index in [0.717, 1.165) is 23.7 Å². The molecule has 0 saturated heterocycles. The summed E-state index contributed by atoms with van der Waals surface area (Å²) in [5.74, 6) is 0.579. The Labute approximate surface area is 127 Å². The summed E-state index contributed by atoms with van der Waals surface area (Å²) in [4.78, 5) is 19.8. The summed E-state index contributed by atoms with van der Waals surface area (Å²) < 4.78 is 5.51. The van der Waals surface area contributed by atoms with Crippen LogP contribution in [0.25, 0.3) is 10.9 Å². The van der Waals surface area contributed by atoms with Crippen molar-refractivity contribution in [2.24, 2.45) is 0 Å². The molecule has 0 amide bonds. The fraction of sp³-hybridized carbons (Fsp3) is 0.500. The molecule has 0 saturated carbocycles. The number of nitrogens with zero attached hydrogens (tertiary/aromatic N) is 2. The Kier molecular flexibility index (Phi) is 9.88. The van der Waals surface area contributed by atoms with E-state index in [1.165, 1.54) is 0 Å². The number of carbonyl (C=O) groups is 1. The van der Waals surface area contributed by atoms with Crippen LogP contribution in [-0.4, -0.2) is 48.4 Å². The fourth-order valence-corrected chi connectivity index (χ4v) is 1.51. The topological polar surface area (TPSA) is 58.2 Å². The Morgan fingerprint density at radius 3 is 2.48 bits per heavy atom. The van der Waals surface area contributed by atoms with Crippen molar-refractivity contribution >= 4 is 17.2 Å². The molecule has 0 atom stereocenters. The van der Waals surface area contributed by atoms with Crippen molar-refractivity contribution in [2.45, 2.75) is 27.7 Å². The third-order valence-electron chi connectivity index (χ3n) is 2.42. The Morgan fingerprint density at radius 2 is 1.90 bits per heavy atom. The number of hydrogen-bond acceptors (Lipinski definition) is 4. The molecule has 1 N–H and O–H groups in total. The second-order valence-corrected chi connectivity index (χ2v) is 4.10. The first kappa shape index (κ1) is 19.1. The zero-order valence-corrected chi connectivity index (χ0v) is 13.9. The molecule has 5 nitrogen and oxygen atoms in total. The number of pyridine rings is 1. The number of aromatic amines is 1. The van der Waals surface area contributed by atoms with E-state index in [1.807, 2.05) is 52.8 Å².